The van der Waals surface area contributed by atoms with Gasteiger partial charge in [-0.15, -0.1) is 4.33 Å². The molecular formula is C42H54N3O14S4+. The van der Waals surface area contributed by atoms with Crippen molar-refractivity contribution in [2.24, 2.45) is 5.92 Å². The Morgan fingerprint density at radius 2 is 1.27 bits per heavy atom. The van der Waals surface area contributed by atoms with Crippen LogP contribution in [0.2, 0.25) is 0 Å². The third-order valence-electron chi connectivity index (χ3n) is 12.3. The molecule has 3 heterocycles. The van der Waals surface area contributed by atoms with Crippen molar-refractivity contribution >= 4 is 65.5 Å². The topological polar surface area (TPSA) is 249 Å². The van der Waals surface area contributed by atoms with Crippen molar-refractivity contribution < 1.29 is 68.0 Å². The van der Waals surface area contributed by atoms with Crippen LogP contribution in [0.25, 0.3) is 0 Å². The third kappa shape index (κ3) is 11.1. The summed E-state index contributed by atoms with van der Waals surface area (Å²) in [5.74, 6) is -2.24. The monoisotopic (exact) mass is 952 g/mol. The first-order chi connectivity index (χ1) is 29.4. The van der Waals surface area contributed by atoms with Crippen LogP contribution in [0.4, 0.5) is 11.4 Å². The standard InChI is InChI=1S/C42H53N3O14S4/c1-41(2)33-26-31(60-59-58-48)12-14-35(33)44(20-6-24-61(49,50)51)37(41)16-10-28-8-5-9-29(39(28)43-22-18-30(19-23-43)40(46)47)11-17-38-42(3,4)34-27-32(63(55,56)57)13-15-36(34)45(38)21-7-25-62(52,53)54/h10-17,26-27,30H,5-9,18-25H2,1-4H3,(H4-,46,47,48,49,50,51,52,53,54,55,56,57)/p+1. The van der Waals surface area contributed by atoms with Crippen LogP contribution in [0.15, 0.2) is 93.0 Å². The Hall–Kier alpha value is -3.90. The number of anilines is 2. The summed E-state index contributed by atoms with van der Waals surface area (Å²) in [5, 5.41) is 22.4. The van der Waals surface area contributed by atoms with Crippen molar-refractivity contribution in [2.45, 2.75) is 93.3 Å². The highest BCUT2D eigenvalue weighted by Gasteiger charge is 2.42. The van der Waals surface area contributed by atoms with Gasteiger partial charge >= 0.3 is 5.97 Å². The van der Waals surface area contributed by atoms with Crippen LogP contribution < -0.4 is 9.80 Å². The summed E-state index contributed by atoms with van der Waals surface area (Å²) in [6.45, 7) is 9.33. The number of aliphatic carboxylic acids is 1. The highest BCUT2D eigenvalue weighted by atomic mass is 32.2. The van der Waals surface area contributed by atoms with Crippen LogP contribution in [-0.4, -0.2) is 103 Å². The van der Waals surface area contributed by atoms with Crippen molar-refractivity contribution in [3.63, 3.8) is 0 Å². The molecule has 63 heavy (non-hydrogen) atoms. The molecule has 2 aromatic rings. The minimum Gasteiger partial charge on any atom is -0.481 e. The molecule has 0 unspecified atom stereocenters. The zero-order valence-electron chi connectivity index (χ0n) is 35.4. The molecule has 17 nitrogen and oxygen atoms in total. The van der Waals surface area contributed by atoms with Crippen molar-refractivity contribution in [1.29, 1.82) is 0 Å². The van der Waals surface area contributed by atoms with Gasteiger partial charge in [0, 0.05) is 75.6 Å². The fraction of sp³-hybridized carbons (Fsp3) is 0.476. The quantitative estimate of drug-likeness (QED) is 0.0417. The molecule has 344 valence electrons. The maximum Gasteiger partial charge on any atom is 0.306 e. The lowest BCUT2D eigenvalue weighted by atomic mass is 9.82. The number of piperidine rings is 1. The largest absolute Gasteiger partial charge is 0.481 e. The summed E-state index contributed by atoms with van der Waals surface area (Å²) in [6, 6.07) is 9.84. The van der Waals surface area contributed by atoms with Gasteiger partial charge in [0.25, 0.3) is 30.4 Å². The first-order valence-corrected chi connectivity index (χ1v) is 25.9. The third-order valence-corrected chi connectivity index (χ3v) is 15.3. The van der Waals surface area contributed by atoms with Gasteiger partial charge in [0.15, 0.2) is 0 Å². The van der Waals surface area contributed by atoms with E-state index in [1.165, 1.54) is 12.1 Å². The van der Waals surface area contributed by atoms with Crippen LogP contribution in [0.5, 0.6) is 0 Å². The predicted molar refractivity (Wildman–Crippen MR) is 238 cm³/mol. The molecule has 0 amide bonds. The van der Waals surface area contributed by atoms with Crippen molar-refractivity contribution in [3.8, 4) is 0 Å². The lowest BCUT2D eigenvalue weighted by molar-refractivity contribution is -0.539. The zero-order valence-corrected chi connectivity index (χ0v) is 38.7. The molecule has 2 aromatic carbocycles. The van der Waals surface area contributed by atoms with E-state index in [-0.39, 0.29) is 30.8 Å². The molecule has 3 aliphatic heterocycles. The molecule has 0 bridgehead atoms. The van der Waals surface area contributed by atoms with E-state index in [0.717, 1.165) is 58.0 Å². The number of rotatable bonds is 15. The van der Waals surface area contributed by atoms with E-state index >= 15 is 0 Å². The molecule has 0 aromatic heterocycles. The Morgan fingerprint density at radius 3 is 1.73 bits per heavy atom. The minimum atomic E-state index is -4.54. The van der Waals surface area contributed by atoms with E-state index in [4.69, 9.17) is 5.26 Å². The Balaban J connectivity index is 1.46. The van der Waals surface area contributed by atoms with Crippen LogP contribution in [0.3, 0.4) is 0 Å². The molecule has 6 rings (SSSR count). The Bertz CT molecular complexity index is 2620. The lowest BCUT2D eigenvalue weighted by Gasteiger charge is -2.28. The SMILES string of the molecule is CC1(C)C(=CC=C2CCC/C(=C\C=C3/N(CCCS(=O)(=O)O)c4ccc(S(=O)(=O)O)cc4C3(C)C)C2=[N+]2CCC(C(=O)O)CC2)N(CCCS(=O)(=O)O)c2ccc(SOOO)cc21. The summed E-state index contributed by atoms with van der Waals surface area (Å²) in [4.78, 5) is 16.3. The molecule has 5 N–H and O–H groups in total. The molecule has 2 fully saturated rings. The van der Waals surface area contributed by atoms with Crippen molar-refractivity contribution in [2.75, 3.05) is 47.5 Å². The van der Waals surface area contributed by atoms with Crippen LogP contribution in [0.1, 0.15) is 83.8 Å². The van der Waals surface area contributed by atoms with E-state index in [1.807, 2.05) is 67.9 Å². The molecule has 0 atom stereocenters. The number of hydrogen-bond acceptors (Lipinski definition) is 13. The number of carbonyl (C=O) groups is 1. The first kappa shape index (κ1) is 48.6. The maximum atomic E-state index is 12.2. The highest BCUT2D eigenvalue weighted by Crippen LogP contribution is 2.50. The van der Waals surface area contributed by atoms with Crippen molar-refractivity contribution in [3.05, 3.63) is 94.4 Å². The Morgan fingerprint density at radius 1 is 0.778 bits per heavy atom. The summed E-state index contributed by atoms with van der Waals surface area (Å²) < 4.78 is 107. The van der Waals surface area contributed by atoms with Gasteiger partial charge in [0.05, 0.1) is 34.4 Å². The predicted octanol–water partition coefficient (Wildman–Crippen LogP) is 6.57. The Kier molecular flexibility index (Phi) is 14.6. The van der Waals surface area contributed by atoms with E-state index in [9.17, 15) is 48.8 Å². The number of allylic oxidation sites excluding steroid dienone is 8. The van der Waals surface area contributed by atoms with E-state index < -0.39 is 64.6 Å². The van der Waals surface area contributed by atoms with Crippen LogP contribution in [0, 0.1) is 5.92 Å². The number of fused-ring (bicyclic) bond motifs is 2. The second-order valence-electron chi connectivity index (χ2n) is 17.2. The molecule has 1 saturated carbocycles. The minimum absolute atomic E-state index is 0.0673. The second kappa shape index (κ2) is 18.9. The number of benzene rings is 2. The normalized spacial score (nSPS) is 22.7. The summed E-state index contributed by atoms with van der Waals surface area (Å²) in [6.07, 6.45) is 11.3. The van der Waals surface area contributed by atoms with Crippen LogP contribution in [-0.2, 0) is 55.4 Å². The van der Waals surface area contributed by atoms with Gasteiger partial charge < -0.3 is 14.9 Å². The fourth-order valence-electron chi connectivity index (χ4n) is 9.22. The molecule has 1 saturated heterocycles. The molecule has 21 heteroatoms. The van der Waals surface area contributed by atoms with Gasteiger partial charge in [0.2, 0.25) is 5.71 Å². The smallest absolute Gasteiger partial charge is 0.306 e. The van der Waals surface area contributed by atoms with Gasteiger partial charge in [-0.05, 0) is 91.8 Å². The van der Waals surface area contributed by atoms with Gasteiger partial charge in [-0.1, -0.05) is 44.9 Å². The highest BCUT2D eigenvalue weighted by molar-refractivity contribution is 7.94. The maximum absolute atomic E-state index is 12.2. The fourth-order valence-corrected chi connectivity index (χ4v) is 11.1. The van der Waals surface area contributed by atoms with Crippen molar-refractivity contribution in [1.82, 2.24) is 0 Å². The number of nitrogens with zero attached hydrogens (tertiary/aromatic N) is 3. The average molecular weight is 953 g/mol. The van der Waals surface area contributed by atoms with E-state index in [2.05, 4.69) is 20.0 Å². The van der Waals surface area contributed by atoms with Gasteiger partial charge in [-0.2, -0.15) is 25.3 Å². The van der Waals surface area contributed by atoms with E-state index in [1.54, 1.807) is 12.1 Å². The summed E-state index contributed by atoms with van der Waals surface area (Å²) in [5.41, 5.74) is 6.05. The number of hydrogen-bond donors (Lipinski definition) is 5. The summed E-state index contributed by atoms with van der Waals surface area (Å²) in [7, 11) is -13.0. The molecular weight excluding hydrogens is 899 g/mol. The molecule has 0 spiro atoms. The zero-order chi connectivity index (χ0) is 46.1. The first-order valence-electron chi connectivity index (χ1n) is 20.5. The lowest BCUT2D eigenvalue weighted by Crippen LogP contribution is -2.36. The molecule has 4 aliphatic rings. The van der Waals surface area contributed by atoms with Gasteiger partial charge in [0.1, 0.15) is 13.1 Å². The summed E-state index contributed by atoms with van der Waals surface area (Å²) >= 11 is 0.819. The van der Waals surface area contributed by atoms with E-state index in [0.29, 0.717) is 54.9 Å². The van der Waals surface area contributed by atoms with Gasteiger partial charge in [-0.25, -0.2) is 9.83 Å². The Labute approximate surface area is 372 Å². The van der Waals surface area contributed by atoms with Crippen LogP contribution >= 0.6 is 12.0 Å². The number of carboxylic acids is 1. The second-order valence-corrected chi connectivity index (χ2v) is 22.5. The average Bonchev–Trinajstić information content (AvgIpc) is 3.54. The molecule has 1 aliphatic carbocycles. The van der Waals surface area contributed by atoms with Gasteiger partial charge in [-0.3, -0.25) is 18.5 Å². The molecule has 0 radical (unpaired) electrons. The number of carboxylic acid groups (broad SMARTS) is 1.